The van der Waals surface area contributed by atoms with Gasteiger partial charge in [0, 0.05) is 19.8 Å². The SMILES string of the molecule is CNC(=O)Cn1cc(NC(=O)C2Cc3ccccc3CN2S(=O)(=O)c2ccccc2)cn1. The van der Waals surface area contributed by atoms with Crippen molar-refractivity contribution in [3.63, 3.8) is 0 Å². The van der Waals surface area contributed by atoms with Gasteiger partial charge in [0.2, 0.25) is 21.8 Å². The van der Waals surface area contributed by atoms with Gasteiger partial charge in [-0.25, -0.2) is 8.42 Å². The number of likely N-dealkylation sites (N-methyl/N-ethyl adjacent to an activating group) is 1. The van der Waals surface area contributed by atoms with E-state index in [1.807, 2.05) is 24.3 Å². The molecular formula is C22H23N5O4S. The van der Waals surface area contributed by atoms with Gasteiger partial charge in [0.1, 0.15) is 12.6 Å². The molecule has 1 atom stereocenters. The normalized spacial score (nSPS) is 16.2. The third-order valence-electron chi connectivity index (χ3n) is 5.34. The highest BCUT2D eigenvalue weighted by molar-refractivity contribution is 7.89. The number of sulfonamides is 1. The molecule has 0 radical (unpaired) electrons. The zero-order valence-corrected chi connectivity index (χ0v) is 18.2. The highest BCUT2D eigenvalue weighted by Gasteiger charge is 2.39. The molecule has 1 aromatic heterocycles. The van der Waals surface area contributed by atoms with Crippen molar-refractivity contribution in [2.45, 2.75) is 30.4 Å². The van der Waals surface area contributed by atoms with E-state index >= 15 is 0 Å². The number of nitrogens with one attached hydrogen (secondary N) is 2. The highest BCUT2D eigenvalue weighted by Crippen LogP contribution is 2.29. The van der Waals surface area contributed by atoms with Crippen molar-refractivity contribution in [2.75, 3.05) is 12.4 Å². The van der Waals surface area contributed by atoms with Crippen LogP contribution < -0.4 is 10.6 Å². The summed E-state index contributed by atoms with van der Waals surface area (Å²) in [5.74, 6) is -0.687. The van der Waals surface area contributed by atoms with Crippen molar-refractivity contribution in [3.05, 3.63) is 78.1 Å². The predicted molar refractivity (Wildman–Crippen MR) is 118 cm³/mol. The summed E-state index contributed by atoms with van der Waals surface area (Å²) in [6, 6.07) is 14.7. The van der Waals surface area contributed by atoms with Gasteiger partial charge in [0.05, 0.1) is 16.8 Å². The number of amides is 2. The summed E-state index contributed by atoms with van der Waals surface area (Å²) in [5.41, 5.74) is 2.19. The van der Waals surface area contributed by atoms with Gasteiger partial charge in [-0.1, -0.05) is 42.5 Å². The fourth-order valence-electron chi connectivity index (χ4n) is 3.67. The lowest BCUT2D eigenvalue weighted by atomic mass is 9.95. The summed E-state index contributed by atoms with van der Waals surface area (Å²) in [4.78, 5) is 24.9. The molecule has 2 N–H and O–H groups in total. The number of anilines is 1. The summed E-state index contributed by atoms with van der Waals surface area (Å²) < 4.78 is 29.5. The van der Waals surface area contributed by atoms with Crippen LogP contribution in [0.2, 0.25) is 0 Å². The van der Waals surface area contributed by atoms with Gasteiger partial charge >= 0.3 is 0 Å². The minimum atomic E-state index is -3.91. The molecule has 0 saturated heterocycles. The molecule has 1 aliphatic heterocycles. The molecule has 0 aliphatic carbocycles. The fraction of sp³-hybridized carbons (Fsp3) is 0.227. The predicted octanol–water partition coefficient (Wildman–Crippen LogP) is 1.38. The molecular weight excluding hydrogens is 430 g/mol. The van der Waals surface area contributed by atoms with E-state index in [0.717, 1.165) is 11.1 Å². The Hall–Kier alpha value is -3.50. The zero-order chi connectivity index (χ0) is 22.7. The van der Waals surface area contributed by atoms with Crippen LogP contribution in [0.4, 0.5) is 5.69 Å². The van der Waals surface area contributed by atoms with E-state index in [9.17, 15) is 18.0 Å². The van der Waals surface area contributed by atoms with Crippen LogP contribution in [0.25, 0.3) is 0 Å². The first-order valence-electron chi connectivity index (χ1n) is 10.1. The van der Waals surface area contributed by atoms with Crippen molar-refractivity contribution in [1.29, 1.82) is 0 Å². The quantitative estimate of drug-likeness (QED) is 0.586. The van der Waals surface area contributed by atoms with Crippen LogP contribution >= 0.6 is 0 Å². The van der Waals surface area contributed by atoms with E-state index in [0.29, 0.717) is 5.69 Å². The van der Waals surface area contributed by atoms with Crippen LogP contribution in [-0.2, 0) is 39.1 Å². The second-order valence-electron chi connectivity index (χ2n) is 7.44. The molecule has 32 heavy (non-hydrogen) atoms. The Bertz CT molecular complexity index is 1240. The smallest absolute Gasteiger partial charge is 0.244 e. The molecule has 166 valence electrons. The van der Waals surface area contributed by atoms with Crippen LogP contribution in [0.5, 0.6) is 0 Å². The summed E-state index contributed by atoms with van der Waals surface area (Å²) in [6.45, 7) is 0.110. The lowest BCUT2D eigenvalue weighted by Crippen LogP contribution is -2.50. The van der Waals surface area contributed by atoms with Gasteiger partial charge in [-0.05, 0) is 29.7 Å². The third kappa shape index (κ3) is 4.41. The Labute approximate surface area is 186 Å². The third-order valence-corrected chi connectivity index (χ3v) is 7.21. The number of carbonyl (C=O) groups excluding carboxylic acids is 2. The first-order valence-corrected chi connectivity index (χ1v) is 11.5. The van der Waals surface area contributed by atoms with Crippen molar-refractivity contribution < 1.29 is 18.0 Å². The molecule has 2 amide bonds. The van der Waals surface area contributed by atoms with E-state index < -0.39 is 22.0 Å². The maximum absolute atomic E-state index is 13.4. The minimum absolute atomic E-state index is 0.0116. The number of benzene rings is 2. The van der Waals surface area contributed by atoms with E-state index in [1.54, 1.807) is 18.2 Å². The van der Waals surface area contributed by atoms with Crippen molar-refractivity contribution in [3.8, 4) is 0 Å². The number of hydrogen-bond acceptors (Lipinski definition) is 5. The molecule has 2 heterocycles. The van der Waals surface area contributed by atoms with Gasteiger partial charge in [-0.15, -0.1) is 0 Å². The lowest BCUT2D eigenvalue weighted by Gasteiger charge is -2.34. The molecule has 3 aromatic rings. The molecule has 9 nitrogen and oxygen atoms in total. The van der Waals surface area contributed by atoms with E-state index in [2.05, 4.69) is 15.7 Å². The van der Waals surface area contributed by atoms with Crippen LogP contribution in [0.1, 0.15) is 11.1 Å². The standard InChI is InChI=1S/C22H23N5O4S/c1-23-21(28)15-26-14-18(12-24-26)25-22(29)20-11-16-7-5-6-8-17(16)13-27(20)32(30,31)19-9-3-2-4-10-19/h2-10,12,14,20H,11,13,15H2,1H3,(H,23,28)(H,25,29). The summed E-state index contributed by atoms with van der Waals surface area (Å²) >= 11 is 0. The van der Waals surface area contributed by atoms with Crippen molar-refractivity contribution in [1.82, 2.24) is 19.4 Å². The number of aromatic nitrogens is 2. The number of hydrogen-bond donors (Lipinski definition) is 2. The average Bonchev–Trinajstić information content (AvgIpc) is 3.25. The lowest BCUT2D eigenvalue weighted by molar-refractivity contribution is -0.121. The molecule has 0 bridgehead atoms. The Morgan fingerprint density at radius 1 is 1.06 bits per heavy atom. The number of rotatable bonds is 6. The van der Waals surface area contributed by atoms with E-state index in [1.165, 1.54) is 40.6 Å². The Kier molecular flexibility index (Phi) is 6.06. The maximum Gasteiger partial charge on any atom is 0.244 e. The minimum Gasteiger partial charge on any atom is -0.358 e. The number of fused-ring (bicyclic) bond motifs is 1. The molecule has 10 heteroatoms. The van der Waals surface area contributed by atoms with Gasteiger partial charge < -0.3 is 10.6 Å². The monoisotopic (exact) mass is 453 g/mol. The second-order valence-corrected chi connectivity index (χ2v) is 9.33. The van der Waals surface area contributed by atoms with E-state index in [4.69, 9.17) is 0 Å². The average molecular weight is 454 g/mol. The fourth-order valence-corrected chi connectivity index (χ4v) is 5.26. The van der Waals surface area contributed by atoms with Gasteiger partial charge in [-0.2, -0.15) is 9.40 Å². The van der Waals surface area contributed by atoms with Gasteiger partial charge in [0.25, 0.3) is 0 Å². The maximum atomic E-state index is 13.4. The molecule has 0 spiro atoms. The van der Waals surface area contributed by atoms with Gasteiger partial charge in [0.15, 0.2) is 0 Å². The Morgan fingerprint density at radius 3 is 2.47 bits per heavy atom. The largest absolute Gasteiger partial charge is 0.358 e. The zero-order valence-electron chi connectivity index (χ0n) is 17.4. The van der Waals surface area contributed by atoms with Crippen molar-refractivity contribution >= 4 is 27.5 Å². The topological polar surface area (TPSA) is 113 Å². The van der Waals surface area contributed by atoms with Crippen LogP contribution in [0.15, 0.2) is 71.9 Å². The molecule has 1 unspecified atom stereocenters. The first-order chi connectivity index (χ1) is 15.4. The van der Waals surface area contributed by atoms with E-state index in [-0.39, 0.29) is 30.3 Å². The first kappa shape index (κ1) is 21.7. The highest BCUT2D eigenvalue weighted by atomic mass is 32.2. The summed E-state index contributed by atoms with van der Waals surface area (Å²) in [5, 5.41) is 9.31. The van der Waals surface area contributed by atoms with Gasteiger partial charge in [-0.3, -0.25) is 14.3 Å². The molecule has 2 aromatic carbocycles. The summed E-state index contributed by atoms with van der Waals surface area (Å²) in [6.07, 6.45) is 3.20. The molecule has 0 saturated carbocycles. The molecule has 4 rings (SSSR count). The van der Waals surface area contributed by atoms with Crippen LogP contribution in [-0.4, -0.2) is 47.4 Å². The molecule has 1 aliphatic rings. The number of nitrogens with zero attached hydrogens (tertiary/aromatic N) is 3. The van der Waals surface area contributed by atoms with Crippen LogP contribution in [0, 0.1) is 0 Å². The second kappa shape index (κ2) is 8.93. The summed E-state index contributed by atoms with van der Waals surface area (Å²) in [7, 11) is -2.38. The number of carbonyl (C=O) groups is 2. The molecule has 0 fully saturated rings. The Balaban J connectivity index is 1.62. The van der Waals surface area contributed by atoms with Crippen molar-refractivity contribution in [2.24, 2.45) is 0 Å². The Morgan fingerprint density at radius 2 is 1.75 bits per heavy atom. The van der Waals surface area contributed by atoms with Crippen LogP contribution in [0.3, 0.4) is 0 Å².